The van der Waals surface area contributed by atoms with E-state index in [9.17, 15) is 9.59 Å². The standard InChI is InChI=1S/C17H23BrN2O4/c1-20(10-12-9-14(24-2)7-8-15(12)18)17(23)19-13-5-3-11(4-6-13)16(21)22/h7-9,11,13H,3-6,10H2,1-2H3,(H,19,23)(H,21,22). The molecule has 0 aliphatic heterocycles. The van der Waals surface area contributed by atoms with E-state index in [0.29, 0.717) is 32.2 Å². The van der Waals surface area contributed by atoms with E-state index in [2.05, 4.69) is 21.2 Å². The number of methoxy groups -OCH3 is 1. The first-order chi connectivity index (χ1) is 11.4. The van der Waals surface area contributed by atoms with Gasteiger partial charge in [0, 0.05) is 24.1 Å². The number of hydrogen-bond acceptors (Lipinski definition) is 3. The van der Waals surface area contributed by atoms with Crippen LogP contribution in [0.1, 0.15) is 31.2 Å². The number of rotatable bonds is 5. The van der Waals surface area contributed by atoms with Crippen molar-refractivity contribution in [2.24, 2.45) is 5.92 Å². The largest absolute Gasteiger partial charge is 0.497 e. The molecular formula is C17H23BrN2O4. The zero-order valence-corrected chi connectivity index (χ0v) is 15.5. The summed E-state index contributed by atoms with van der Waals surface area (Å²) in [5.41, 5.74) is 0.960. The number of hydrogen-bond donors (Lipinski definition) is 2. The molecule has 0 unspecified atom stereocenters. The Kier molecular flexibility index (Phi) is 6.48. The van der Waals surface area contributed by atoms with Crippen molar-refractivity contribution in [1.82, 2.24) is 10.2 Å². The number of urea groups is 1. The van der Waals surface area contributed by atoms with Crippen LogP contribution in [0.25, 0.3) is 0 Å². The molecule has 0 bridgehead atoms. The van der Waals surface area contributed by atoms with Gasteiger partial charge in [-0.3, -0.25) is 4.79 Å². The minimum absolute atomic E-state index is 0.0456. The summed E-state index contributed by atoms with van der Waals surface area (Å²) in [5.74, 6) is -0.266. The van der Waals surface area contributed by atoms with Crippen LogP contribution in [0.2, 0.25) is 0 Å². The summed E-state index contributed by atoms with van der Waals surface area (Å²) in [5, 5.41) is 12.0. The van der Waals surface area contributed by atoms with E-state index in [4.69, 9.17) is 9.84 Å². The van der Waals surface area contributed by atoms with E-state index in [1.54, 1.807) is 19.1 Å². The molecule has 6 nitrogen and oxygen atoms in total. The molecule has 2 amide bonds. The number of carbonyl (C=O) groups excluding carboxylic acids is 1. The number of halogens is 1. The van der Waals surface area contributed by atoms with Crippen molar-refractivity contribution >= 4 is 27.9 Å². The van der Waals surface area contributed by atoms with E-state index in [0.717, 1.165) is 15.8 Å². The van der Waals surface area contributed by atoms with E-state index in [-0.39, 0.29) is 18.0 Å². The van der Waals surface area contributed by atoms with Gasteiger partial charge in [0.2, 0.25) is 0 Å². The van der Waals surface area contributed by atoms with Crippen LogP contribution in [-0.4, -0.2) is 42.2 Å². The molecule has 0 spiro atoms. The third-order valence-electron chi connectivity index (χ3n) is 4.41. The molecule has 0 radical (unpaired) electrons. The van der Waals surface area contributed by atoms with Crippen LogP contribution in [0.4, 0.5) is 4.79 Å². The molecule has 1 aliphatic carbocycles. The zero-order valence-electron chi connectivity index (χ0n) is 13.9. The van der Waals surface area contributed by atoms with Crippen molar-refractivity contribution < 1.29 is 19.4 Å². The van der Waals surface area contributed by atoms with Crippen molar-refractivity contribution in [3.05, 3.63) is 28.2 Å². The fourth-order valence-electron chi connectivity index (χ4n) is 2.90. The van der Waals surface area contributed by atoms with Crippen molar-refractivity contribution in [1.29, 1.82) is 0 Å². The molecule has 0 atom stereocenters. The molecule has 1 aromatic rings. The fourth-order valence-corrected chi connectivity index (χ4v) is 3.27. The van der Waals surface area contributed by atoms with Crippen LogP contribution >= 0.6 is 15.9 Å². The number of carbonyl (C=O) groups is 2. The van der Waals surface area contributed by atoms with Gasteiger partial charge >= 0.3 is 12.0 Å². The first kappa shape index (κ1) is 18.6. The highest BCUT2D eigenvalue weighted by Gasteiger charge is 2.27. The summed E-state index contributed by atoms with van der Waals surface area (Å²) in [7, 11) is 3.35. The van der Waals surface area contributed by atoms with Crippen LogP contribution in [0.3, 0.4) is 0 Å². The van der Waals surface area contributed by atoms with Crippen LogP contribution in [0, 0.1) is 5.92 Å². The van der Waals surface area contributed by atoms with Gasteiger partial charge in [0.05, 0.1) is 13.0 Å². The van der Waals surface area contributed by atoms with Gasteiger partial charge in [-0.15, -0.1) is 0 Å². The Morgan fingerprint density at radius 3 is 2.58 bits per heavy atom. The number of aliphatic carboxylic acids is 1. The third kappa shape index (κ3) is 4.87. The molecule has 2 N–H and O–H groups in total. The SMILES string of the molecule is COc1ccc(Br)c(CN(C)C(=O)NC2CCC(C(=O)O)CC2)c1. The maximum atomic E-state index is 12.3. The summed E-state index contributed by atoms with van der Waals surface area (Å²) < 4.78 is 6.14. The van der Waals surface area contributed by atoms with Crippen LogP contribution in [0.15, 0.2) is 22.7 Å². The molecule has 7 heteroatoms. The second-order valence-corrected chi connectivity index (χ2v) is 7.00. The second kappa shape index (κ2) is 8.37. The van der Waals surface area contributed by atoms with Gasteiger partial charge in [-0.2, -0.15) is 0 Å². The molecule has 0 saturated heterocycles. The predicted octanol–water partition coefficient (Wildman–Crippen LogP) is 3.24. The first-order valence-corrected chi connectivity index (χ1v) is 8.77. The number of ether oxygens (including phenoxy) is 1. The summed E-state index contributed by atoms with van der Waals surface area (Å²) in [6.45, 7) is 0.452. The van der Waals surface area contributed by atoms with E-state index < -0.39 is 5.97 Å². The van der Waals surface area contributed by atoms with E-state index in [1.165, 1.54) is 0 Å². The minimum atomic E-state index is -0.736. The zero-order chi connectivity index (χ0) is 17.7. The molecular weight excluding hydrogens is 376 g/mol. The average Bonchev–Trinajstić information content (AvgIpc) is 2.57. The van der Waals surface area contributed by atoms with E-state index >= 15 is 0 Å². The first-order valence-electron chi connectivity index (χ1n) is 7.97. The molecule has 0 aromatic heterocycles. The highest BCUT2D eigenvalue weighted by molar-refractivity contribution is 9.10. The molecule has 132 valence electrons. The van der Waals surface area contributed by atoms with Crippen LogP contribution in [-0.2, 0) is 11.3 Å². The topological polar surface area (TPSA) is 78.9 Å². The smallest absolute Gasteiger partial charge is 0.317 e. The Morgan fingerprint density at radius 2 is 2.00 bits per heavy atom. The van der Waals surface area contributed by atoms with Crippen LogP contribution in [0.5, 0.6) is 5.75 Å². The lowest BCUT2D eigenvalue weighted by molar-refractivity contribution is -0.142. The molecule has 1 saturated carbocycles. The van der Waals surface area contributed by atoms with Gasteiger partial charge in [0.1, 0.15) is 5.75 Å². The second-order valence-electron chi connectivity index (χ2n) is 6.15. The maximum Gasteiger partial charge on any atom is 0.317 e. The number of carboxylic acid groups (broad SMARTS) is 1. The molecule has 1 aliphatic rings. The van der Waals surface area contributed by atoms with Crippen molar-refractivity contribution in [2.45, 2.75) is 38.3 Å². The number of carboxylic acids is 1. The van der Waals surface area contributed by atoms with Gasteiger partial charge in [-0.05, 0) is 49.4 Å². The van der Waals surface area contributed by atoms with Gasteiger partial charge in [0.15, 0.2) is 0 Å². The fraction of sp³-hybridized carbons (Fsp3) is 0.529. The Bertz CT molecular complexity index is 600. The molecule has 24 heavy (non-hydrogen) atoms. The number of nitrogens with one attached hydrogen (secondary N) is 1. The number of amides is 2. The van der Waals surface area contributed by atoms with Gasteiger partial charge in [0.25, 0.3) is 0 Å². The Morgan fingerprint density at radius 1 is 1.33 bits per heavy atom. The normalized spacial score (nSPS) is 20.3. The Balaban J connectivity index is 1.88. The maximum absolute atomic E-state index is 12.3. The molecule has 1 fully saturated rings. The quantitative estimate of drug-likeness (QED) is 0.797. The van der Waals surface area contributed by atoms with E-state index in [1.807, 2.05) is 18.2 Å². The van der Waals surface area contributed by atoms with Gasteiger partial charge in [-0.1, -0.05) is 15.9 Å². The number of nitrogens with zero attached hydrogens (tertiary/aromatic N) is 1. The third-order valence-corrected chi connectivity index (χ3v) is 5.18. The average molecular weight is 399 g/mol. The molecule has 1 aromatic carbocycles. The summed E-state index contributed by atoms with van der Waals surface area (Å²) in [4.78, 5) is 24.9. The lowest BCUT2D eigenvalue weighted by Gasteiger charge is -2.29. The van der Waals surface area contributed by atoms with Crippen molar-refractivity contribution in [2.75, 3.05) is 14.2 Å². The van der Waals surface area contributed by atoms with Crippen LogP contribution < -0.4 is 10.1 Å². The Hall–Kier alpha value is -1.76. The molecule has 0 heterocycles. The lowest BCUT2D eigenvalue weighted by atomic mass is 9.86. The predicted molar refractivity (Wildman–Crippen MR) is 94.1 cm³/mol. The number of benzene rings is 1. The van der Waals surface area contributed by atoms with Gasteiger partial charge < -0.3 is 20.1 Å². The molecule has 2 rings (SSSR count). The van der Waals surface area contributed by atoms with Gasteiger partial charge in [-0.25, -0.2) is 4.79 Å². The minimum Gasteiger partial charge on any atom is -0.497 e. The summed E-state index contributed by atoms with van der Waals surface area (Å²) in [6, 6.07) is 5.54. The summed E-state index contributed by atoms with van der Waals surface area (Å²) in [6.07, 6.45) is 2.65. The Labute approximate surface area is 150 Å². The lowest BCUT2D eigenvalue weighted by Crippen LogP contribution is -2.44. The monoisotopic (exact) mass is 398 g/mol. The summed E-state index contributed by atoms with van der Waals surface area (Å²) >= 11 is 3.49. The van der Waals surface area contributed by atoms with Crippen molar-refractivity contribution in [3.63, 3.8) is 0 Å². The highest BCUT2D eigenvalue weighted by Crippen LogP contribution is 2.25. The highest BCUT2D eigenvalue weighted by atomic mass is 79.9. The van der Waals surface area contributed by atoms with Crippen molar-refractivity contribution in [3.8, 4) is 5.75 Å².